The highest BCUT2D eigenvalue weighted by atomic mass is 19.4. The number of aryl methyl sites for hydroxylation is 1. The smallest absolute Gasteiger partial charge is 0.368 e. The first-order chi connectivity index (χ1) is 11.8. The van der Waals surface area contributed by atoms with Crippen molar-refractivity contribution in [3.63, 3.8) is 0 Å². The Hall–Kier alpha value is -2.83. The largest absolute Gasteiger partial charge is 0.417 e. The Balaban J connectivity index is 2.12. The number of primary amides is 1. The third-order valence-electron chi connectivity index (χ3n) is 3.69. The minimum absolute atomic E-state index is 0.194. The van der Waals surface area contributed by atoms with Crippen LogP contribution in [0.2, 0.25) is 0 Å². The topological polar surface area (TPSA) is 72.2 Å². The number of hydrogen-bond donors (Lipinski definition) is 2. The molecule has 1 atom stereocenters. The summed E-state index contributed by atoms with van der Waals surface area (Å²) in [4.78, 5) is 23.8. The van der Waals surface area contributed by atoms with Gasteiger partial charge in [0.05, 0.1) is 11.1 Å². The number of alkyl halides is 3. The maximum atomic E-state index is 13.0. The maximum absolute atomic E-state index is 13.0. The molecule has 0 saturated carbocycles. The molecule has 0 aliphatic heterocycles. The van der Waals surface area contributed by atoms with Crippen LogP contribution in [0, 0.1) is 0 Å². The van der Waals surface area contributed by atoms with E-state index < -0.39 is 35.2 Å². The number of amides is 2. The zero-order valence-corrected chi connectivity index (χ0v) is 13.2. The van der Waals surface area contributed by atoms with E-state index in [9.17, 15) is 22.8 Å². The Bertz CT molecular complexity index is 745. The van der Waals surface area contributed by atoms with Crippen molar-refractivity contribution in [2.45, 2.75) is 25.1 Å². The molecular formula is C18H17F3N2O2. The van der Waals surface area contributed by atoms with Gasteiger partial charge in [0, 0.05) is 0 Å². The highest BCUT2D eigenvalue weighted by molar-refractivity contribution is 5.98. The van der Waals surface area contributed by atoms with Crippen molar-refractivity contribution in [2.24, 2.45) is 5.73 Å². The monoisotopic (exact) mass is 350 g/mol. The van der Waals surface area contributed by atoms with Crippen LogP contribution in [0.15, 0.2) is 54.6 Å². The summed E-state index contributed by atoms with van der Waals surface area (Å²) in [5.41, 5.74) is 4.61. The predicted molar refractivity (Wildman–Crippen MR) is 86.7 cm³/mol. The van der Waals surface area contributed by atoms with Crippen molar-refractivity contribution in [3.05, 3.63) is 71.3 Å². The number of carbonyl (C=O) groups is 2. The molecule has 0 aliphatic carbocycles. The molecule has 0 heterocycles. The Labute approximate surface area is 142 Å². The van der Waals surface area contributed by atoms with Gasteiger partial charge in [-0.15, -0.1) is 0 Å². The van der Waals surface area contributed by atoms with E-state index in [0.717, 1.165) is 17.7 Å². The van der Waals surface area contributed by atoms with Crippen molar-refractivity contribution in [2.75, 3.05) is 0 Å². The molecule has 2 aromatic rings. The average molecular weight is 350 g/mol. The second-order valence-electron chi connectivity index (χ2n) is 5.50. The van der Waals surface area contributed by atoms with Crippen LogP contribution in [0.3, 0.4) is 0 Å². The molecule has 2 aromatic carbocycles. The van der Waals surface area contributed by atoms with Crippen molar-refractivity contribution < 1.29 is 22.8 Å². The van der Waals surface area contributed by atoms with Crippen LogP contribution in [0.4, 0.5) is 13.2 Å². The normalized spacial score (nSPS) is 12.4. The van der Waals surface area contributed by atoms with Crippen LogP contribution in [0.1, 0.15) is 27.9 Å². The van der Waals surface area contributed by atoms with Crippen LogP contribution >= 0.6 is 0 Å². The lowest BCUT2D eigenvalue weighted by Gasteiger charge is -2.17. The van der Waals surface area contributed by atoms with Gasteiger partial charge in [-0.3, -0.25) is 9.59 Å². The van der Waals surface area contributed by atoms with Gasteiger partial charge < -0.3 is 11.1 Å². The van der Waals surface area contributed by atoms with E-state index in [0.29, 0.717) is 6.42 Å². The van der Waals surface area contributed by atoms with E-state index in [2.05, 4.69) is 5.32 Å². The van der Waals surface area contributed by atoms with E-state index in [4.69, 9.17) is 5.73 Å². The number of benzene rings is 2. The zero-order valence-electron chi connectivity index (χ0n) is 13.2. The summed E-state index contributed by atoms with van der Waals surface area (Å²) in [6.07, 6.45) is -4.02. The van der Waals surface area contributed by atoms with E-state index >= 15 is 0 Å². The fraction of sp³-hybridized carbons (Fsp3) is 0.222. The molecule has 0 aromatic heterocycles. The first kappa shape index (κ1) is 18.5. The number of nitrogens with one attached hydrogen (secondary N) is 1. The SMILES string of the molecule is NC(=O)[C@H](CCc1ccccc1)NC(=O)c1ccccc1C(F)(F)F. The van der Waals surface area contributed by atoms with Gasteiger partial charge in [-0.25, -0.2) is 0 Å². The first-order valence-corrected chi connectivity index (χ1v) is 7.59. The highest BCUT2D eigenvalue weighted by Gasteiger charge is 2.35. The van der Waals surface area contributed by atoms with E-state index in [1.807, 2.05) is 30.3 Å². The molecule has 0 fully saturated rings. The lowest BCUT2D eigenvalue weighted by atomic mass is 10.0. The van der Waals surface area contributed by atoms with Gasteiger partial charge in [0.25, 0.3) is 5.91 Å². The number of halogens is 3. The number of carbonyl (C=O) groups excluding carboxylic acids is 2. The van der Waals surface area contributed by atoms with Gasteiger partial charge in [0.1, 0.15) is 6.04 Å². The van der Waals surface area contributed by atoms with Gasteiger partial charge in [0.2, 0.25) is 5.91 Å². The summed E-state index contributed by atoms with van der Waals surface area (Å²) in [5.74, 6) is -1.78. The quantitative estimate of drug-likeness (QED) is 0.841. The average Bonchev–Trinajstić information content (AvgIpc) is 2.58. The van der Waals surface area contributed by atoms with Crippen molar-refractivity contribution in [3.8, 4) is 0 Å². The molecule has 0 aliphatic rings. The number of hydrogen-bond acceptors (Lipinski definition) is 2. The zero-order chi connectivity index (χ0) is 18.4. The van der Waals surface area contributed by atoms with E-state index in [1.54, 1.807) is 0 Å². The maximum Gasteiger partial charge on any atom is 0.417 e. The lowest BCUT2D eigenvalue weighted by molar-refractivity contribution is -0.137. The van der Waals surface area contributed by atoms with Crippen LogP contribution < -0.4 is 11.1 Å². The third kappa shape index (κ3) is 5.07. The molecule has 0 saturated heterocycles. The van der Waals surface area contributed by atoms with Crippen LogP contribution in [-0.2, 0) is 17.4 Å². The Morgan fingerprint density at radius 1 is 1.00 bits per heavy atom. The molecule has 0 spiro atoms. The molecule has 0 unspecified atom stereocenters. The van der Waals surface area contributed by atoms with Crippen LogP contribution in [0.25, 0.3) is 0 Å². The Kier molecular flexibility index (Phi) is 5.80. The van der Waals surface area contributed by atoms with E-state index in [-0.39, 0.29) is 6.42 Å². The third-order valence-corrected chi connectivity index (χ3v) is 3.69. The van der Waals surface area contributed by atoms with Gasteiger partial charge >= 0.3 is 6.18 Å². The van der Waals surface area contributed by atoms with E-state index in [1.165, 1.54) is 12.1 Å². The fourth-order valence-electron chi connectivity index (χ4n) is 2.41. The van der Waals surface area contributed by atoms with Crippen molar-refractivity contribution >= 4 is 11.8 Å². The molecule has 132 valence electrons. The summed E-state index contributed by atoms with van der Waals surface area (Å²) >= 11 is 0. The molecule has 25 heavy (non-hydrogen) atoms. The first-order valence-electron chi connectivity index (χ1n) is 7.59. The number of rotatable bonds is 6. The molecule has 7 heteroatoms. The molecule has 3 N–H and O–H groups in total. The van der Waals surface area contributed by atoms with Gasteiger partial charge in [-0.2, -0.15) is 13.2 Å². The van der Waals surface area contributed by atoms with Crippen molar-refractivity contribution in [1.82, 2.24) is 5.32 Å². The van der Waals surface area contributed by atoms with Crippen LogP contribution in [-0.4, -0.2) is 17.9 Å². The molecule has 0 bridgehead atoms. The second-order valence-corrected chi connectivity index (χ2v) is 5.50. The van der Waals surface area contributed by atoms with Gasteiger partial charge in [0.15, 0.2) is 0 Å². The Morgan fingerprint density at radius 2 is 1.60 bits per heavy atom. The Morgan fingerprint density at radius 3 is 2.20 bits per heavy atom. The summed E-state index contributed by atoms with van der Waals surface area (Å²) < 4.78 is 39.0. The summed E-state index contributed by atoms with van der Waals surface area (Å²) in [6, 6.07) is 12.5. The highest BCUT2D eigenvalue weighted by Crippen LogP contribution is 2.31. The summed E-state index contributed by atoms with van der Waals surface area (Å²) in [5, 5.41) is 2.30. The standard InChI is InChI=1S/C18H17F3N2O2/c19-18(20,21)14-9-5-4-8-13(14)17(25)23-15(16(22)24)11-10-12-6-2-1-3-7-12/h1-9,15H,10-11H2,(H2,22,24)(H,23,25)/t15-/m0/s1. The molecule has 0 radical (unpaired) electrons. The minimum atomic E-state index is -4.67. The van der Waals surface area contributed by atoms with Gasteiger partial charge in [-0.1, -0.05) is 42.5 Å². The van der Waals surface area contributed by atoms with Crippen molar-refractivity contribution in [1.29, 1.82) is 0 Å². The van der Waals surface area contributed by atoms with Crippen LogP contribution in [0.5, 0.6) is 0 Å². The summed E-state index contributed by atoms with van der Waals surface area (Å²) in [6.45, 7) is 0. The fourth-order valence-corrected chi connectivity index (χ4v) is 2.41. The molecule has 2 amide bonds. The second kappa shape index (κ2) is 7.83. The summed E-state index contributed by atoms with van der Waals surface area (Å²) in [7, 11) is 0. The molecule has 4 nitrogen and oxygen atoms in total. The molecular weight excluding hydrogens is 333 g/mol. The predicted octanol–water partition coefficient (Wildman–Crippen LogP) is 2.92. The molecule has 2 rings (SSSR count). The minimum Gasteiger partial charge on any atom is -0.368 e. The van der Waals surface area contributed by atoms with Gasteiger partial charge in [-0.05, 0) is 30.5 Å². The number of nitrogens with two attached hydrogens (primary N) is 1. The lowest BCUT2D eigenvalue weighted by Crippen LogP contribution is -2.45.